The first kappa shape index (κ1) is 9.00. The van der Waals surface area contributed by atoms with Gasteiger partial charge in [-0.15, -0.1) is 0 Å². The Morgan fingerprint density at radius 3 is 2.92 bits per heavy atom. The Kier molecular flexibility index (Phi) is 2.65. The Morgan fingerprint density at radius 1 is 1.75 bits per heavy atom. The maximum atomic E-state index is 5.55. The van der Waals surface area contributed by atoms with Crippen molar-refractivity contribution in [2.45, 2.75) is 26.9 Å². The molecule has 1 aromatic heterocycles. The molecule has 66 valence electrons. The zero-order chi connectivity index (χ0) is 9.14. The molecule has 0 unspecified atom stereocenters. The zero-order valence-electron chi connectivity index (χ0n) is 7.67. The lowest BCUT2D eigenvalue weighted by Gasteiger charge is -2.07. The van der Waals surface area contributed by atoms with Crippen molar-refractivity contribution >= 4 is 0 Å². The van der Waals surface area contributed by atoms with E-state index in [1.165, 1.54) is 0 Å². The Hall–Kier alpha value is -1.09. The number of imidazole rings is 1. The predicted molar refractivity (Wildman–Crippen MR) is 49.7 cm³/mol. The van der Waals surface area contributed by atoms with Crippen molar-refractivity contribution in [2.75, 3.05) is 0 Å². The first-order valence-corrected chi connectivity index (χ1v) is 4.00. The highest BCUT2D eigenvalue weighted by atomic mass is 15.1. The normalized spacial score (nSPS) is 10.2. The van der Waals surface area contributed by atoms with E-state index in [0.29, 0.717) is 6.54 Å². The Labute approximate surface area is 72.9 Å². The zero-order valence-corrected chi connectivity index (χ0v) is 7.67. The molecule has 3 nitrogen and oxygen atoms in total. The summed E-state index contributed by atoms with van der Waals surface area (Å²) < 4.78 is 2.09. The minimum Gasteiger partial charge on any atom is -0.327 e. The Bertz CT molecular complexity index is 286. The van der Waals surface area contributed by atoms with Crippen LogP contribution in [-0.2, 0) is 13.1 Å². The maximum Gasteiger partial charge on any atom is 0.106 e. The molecule has 1 heterocycles. The molecule has 3 heteroatoms. The summed E-state index contributed by atoms with van der Waals surface area (Å²) in [5, 5.41) is 0. The molecule has 0 fully saturated rings. The number of rotatable bonds is 3. The monoisotopic (exact) mass is 165 g/mol. The molecule has 0 aromatic carbocycles. The van der Waals surface area contributed by atoms with Crippen molar-refractivity contribution in [3.05, 3.63) is 29.9 Å². The molecule has 0 saturated carbocycles. The molecule has 0 aliphatic carbocycles. The lowest BCUT2D eigenvalue weighted by Crippen LogP contribution is -2.09. The number of aryl methyl sites for hydroxylation is 1. The second kappa shape index (κ2) is 3.54. The first-order chi connectivity index (χ1) is 5.65. The molecule has 1 rings (SSSR count). The minimum absolute atomic E-state index is 0.536. The van der Waals surface area contributed by atoms with Gasteiger partial charge in [0.15, 0.2) is 0 Å². The van der Waals surface area contributed by atoms with Crippen molar-refractivity contribution in [1.82, 2.24) is 9.55 Å². The summed E-state index contributed by atoms with van der Waals surface area (Å²) in [5.74, 6) is 0.999. The molecular formula is C9H15N3. The van der Waals surface area contributed by atoms with Crippen molar-refractivity contribution in [2.24, 2.45) is 5.73 Å². The van der Waals surface area contributed by atoms with E-state index in [2.05, 4.69) is 16.1 Å². The predicted octanol–water partition coefficient (Wildman–Crippen LogP) is 1.23. The number of hydrogen-bond donors (Lipinski definition) is 1. The smallest absolute Gasteiger partial charge is 0.106 e. The van der Waals surface area contributed by atoms with E-state index in [4.69, 9.17) is 5.73 Å². The average molecular weight is 165 g/mol. The van der Waals surface area contributed by atoms with Gasteiger partial charge in [-0.2, -0.15) is 0 Å². The van der Waals surface area contributed by atoms with Gasteiger partial charge in [-0.05, 0) is 13.8 Å². The van der Waals surface area contributed by atoms with Crippen molar-refractivity contribution < 1.29 is 0 Å². The fourth-order valence-electron chi connectivity index (χ4n) is 1.16. The average Bonchev–Trinajstić information content (AvgIpc) is 2.32. The Balaban J connectivity index is 2.94. The van der Waals surface area contributed by atoms with Crippen LogP contribution < -0.4 is 5.73 Å². The van der Waals surface area contributed by atoms with Gasteiger partial charge in [0.1, 0.15) is 5.82 Å². The highest BCUT2D eigenvalue weighted by Crippen LogP contribution is 2.06. The first-order valence-electron chi connectivity index (χ1n) is 4.00. The van der Waals surface area contributed by atoms with Crippen molar-refractivity contribution in [3.63, 3.8) is 0 Å². The fraction of sp³-hybridized carbons (Fsp3) is 0.444. The van der Waals surface area contributed by atoms with Gasteiger partial charge >= 0.3 is 0 Å². The van der Waals surface area contributed by atoms with Crippen LogP contribution in [0.25, 0.3) is 0 Å². The molecule has 1 aromatic rings. The number of allylic oxidation sites excluding steroid dienone is 1. The van der Waals surface area contributed by atoms with E-state index in [1.54, 1.807) is 0 Å². The minimum atomic E-state index is 0.536. The number of nitrogens with zero attached hydrogens (tertiary/aromatic N) is 2. The van der Waals surface area contributed by atoms with E-state index >= 15 is 0 Å². The third-order valence-electron chi connectivity index (χ3n) is 1.77. The van der Waals surface area contributed by atoms with Crippen LogP contribution >= 0.6 is 0 Å². The third kappa shape index (κ3) is 1.74. The molecule has 0 spiro atoms. The van der Waals surface area contributed by atoms with Gasteiger partial charge in [0, 0.05) is 19.3 Å². The highest BCUT2D eigenvalue weighted by Gasteiger charge is 2.03. The molecule has 0 bridgehead atoms. The lowest BCUT2D eigenvalue weighted by molar-refractivity contribution is 0.705. The van der Waals surface area contributed by atoms with Crippen LogP contribution in [0.5, 0.6) is 0 Å². The van der Waals surface area contributed by atoms with E-state index in [0.717, 1.165) is 23.6 Å². The summed E-state index contributed by atoms with van der Waals surface area (Å²) in [6, 6.07) is 0. The molecule has 0 radical (unpaired) electrons. The molecule has 12 heavy (non-hydrogen) atoms. The van der Waals surface area contributed by atoms with Gasteiger partial charge < -0.3 is 10.3 Å². The van der Waals surface area contributed by atoms with E-state index < -0.39 is 0 Å². The second-order valence-corrected chi connectivity index (χ2v) is 3.04. The summed E-state index contributed by atoms with van der Waals surface area (Å²) in [6.45, 7) is 9.18. The van der Waals surface area contributed by atoms with E-state index in [1.807, 2.05) is 20.0 Å². The number of aromatic nitrogens is 2. The molecular weight excluding hydrogens is 150 g/mol. The third-order valence-corrected chi connectivity index (χ3v) is 1.77. The van der Waals surface area contributed by atoms with E-state index in [9.17, 15) is 0 Å². The summed E-state index contributed by atoms with van der Waals surface area (Å²) in [7, 11) is 0. The lowest BCUT2D eigenvalue weighted by atomic mass is 10.3. The SMILES string of the molecule is C=C(C)Cn1c(CN)cnc1C. The standard InChI is InChI=1S/C9H15N3/c1-7(2)6-12-8(3)11-5-9(12)4-10/h5H,1,4,6,10H2,2-3H3. The topological polar surface area (TPSA) is 43.8 Å². The summed E-state index contributed by atoms with van der Waals surface area (Å²) >= 11 is 0. The molecule has 0 atom stereocenters. The van der Waals surface area contributed by atoms with Crippen LogP contribution in [0.15, 0.2) is 18.3 Å². The van der Waals surface area contributed by atoms with Gasteiger partial charge in [0.05, 0.1) is 5.69 Å². The fourth-order valence-corrected chi connectivity index (χ4v) is 1.16. The quantitative estimate of drug-likeness (QED) is 0.684. The van der Waals surface area contributed by atoms with Crippen LogP contribution in [0.4, 0.5) is 0 Å². The van der Waals surface area contributed by atoms with Gasteiger partial charge in [-0.25, -0.2) is 4.98 Å². The van der Waals surface area contributed by atoms with E-state index in [-0.39, 0.29) is 0 Å². The van der Waals surface area contributed by atoms with Crippen LogP contribution in [0.1, 0.15) is 18.4 Å². The molecule has 0 amide bonds. The van der Waals surface area contributed by atoms with Gasteiger partial charge in [0.2, 0.25) is 0 Å². The maximum absolute atomic E-state index is 5.55. The van der Waals surface area contributed by atoms with Crippen LogP contribution in [0.2, 0.25) is 0 Å². The highest BCUT2D eigenvalue weighted by molar-refractivity contribution is 5.07. The van der Waals surface area contributed by atoms with Gasteiger partial charge in [0.25, 0.3) is 0 Å². The van der Waals surface area contributed by atoms with Gasteiger partial charge in [-0.3, -0.25) is 0 Å². The molecule has 0 aliphatic rings. The summed E-state index contributed by atoms with van der Waals surface area (Å²) in [6.07, 6.45) is 1.82. The second-order valence-electron chi connectivity index (χ2n) is 3.04. The summed E-state index contributed by atoms with van der Waals surface area (Å²) in [5.41, 5.74) is 7.73. The van der Waals surface area contributed by atoms with Crippen LogP contribution in [0, 0.1) is 6.92 Å². The molecule has 2 N–H and O–H groups in total. The molecule has 0 aliphatic heterocycles. The number of nitrogens with two attached hydrogens (primary N) is 1. The number of hydrogen-bond acceptors (Lipinski definition) is 2. The van der Waals surface area contributed by atoms with Crippen molar-refractivity contribution in [3.8, 4) is 0 Å². The Morgan fingerprint density at radius 2 is 2.42 bits per heavy atom. The van der Waals surface area contributed by atoms with Crippen LogP contribution in [-0.4, -0.2) is 9.55 Å². The van der Waals surface area contributed by atoms with Crippen LogP contribution in [0.3, 0.4) is 0 Å². The summed E-state index contributed by atoms with van der Waals surface area (Å²) in [4.78, 5) is 4.18. The van der Waals surface area contributed by atoms with Crippen molar-refractivity contribution in [1.29, 1.82) is 0 Å². The van der Waals surface area contributed by atoms with Gasteiger partial charge in [-0.1, -0.05) is 12.2 Å². The molecule has 0 saturated heterocycles. The largest absolute Gasteiger partial charge is 0.327 e.